The lowest BCUT2D eigenvalue weighted by atomic mass is 9.46. The molecule has 0 radical (unpaired) electrons. The number of Topliss-reactive ketones (excluding diaryl/α,β-unsaturated/α-hetero) is 1. The number of carbonyl (C=O) groups is 2. The Hall–Kier alpha value is -0.610. The summed E-state index contributed by atoms with van der Waals surface area (Å²) < 4.78 is 0. The van der Waals surface area contributed by atoms with Crippen LogP contribution in [0.2, 0.25) is 0 Å². The molecule has 2 bridgehead atoms. The number of rotatable bonds is 2. The summed E-state index contributed by atoms with van der Waals surface area (Å²) in [7, 11) is 0. The zero-order valence-corrected chi connectivity index (χ0v) is 15.8. The van der Waals surface area contributed by atoms with Crippen LogP contribution in [-0.4, -0.2) is 34.3 Å². The van der Waals surface area contributed by atoms with Gasteiger partial charge < -0.3 is 5.11 Å². The van der Waals surface area contributed by atoms with Crippen LogP contribution >= 0.6 is 11.8 Å². The molecule has 5 aliphatic rings. The Labute approximate surface area is 154 Å². The van der Waals surface area contributed by atoms with E-state index in [0.29, 0.717) is 28.8 Å². The van der Waals surface area contributed by atoms with E-state index in [-0.39, 0.29) is 29.1 Å². The Kier molecular flexibility index (Phi) is 3.61. The molecule has 0 unspecified atom stereocenters. The van der Waals surface area contributed by atoms with Gasteiger partial charge in [-0.3, -0.25) is 9.59 Å². The summed E-state index contributed by atoms with van der Waals surface area (Å²) in [5.74, 6) is 3.73. The van der Waals surface area contributed by atoms with Crippen LogP contribution in [0.4, 0.5) is 0 Å². The van der Waals surface area contributed by atoms with Crippen molar-refractivity contribution in [2.24, 2.45) is 34.5 Å². The zero-order valence-electron chi connectivity index (χ0n) is 15.0. The topological polar surface area (TPSA) is 54.4 Å². The van der Waals surface area contributed by atoms with E-state index in [1.165, 1.54) is 24.2 Å². The maximum absolute atomic E-state index is 12.3. The summed E-state index contributed by atoms with van der Waals surface area (Å²) in [5, 5.41) is 9.95. The van der Waals surface area contributed by atoms with Gasteiger partial charge in [0.2, 0.25) is 0 Å². The molecule has 1 N–H and O–H groups in total. The van der Waals surface area contributed by atoms with E-state index in [1.54, 1.807) is 0 Å². The molecule has 4 heteroatoms. The van der Waals surface area contributed by atoms with Gasteiger partial charge in [-0.25, -0.2) is 0 Å². The van der Waals surface area contributed by atoms with E-state index in [9.17, 15) is 14.7 Å². The van der Waals surface area contributed by atoms with Crippen LogP contribution in [0.3, 0.4) is 0 Å². The Morgan fingerprint density at radius 2 is 2.12 bits per heavy atom. The summed E-state index contributed by atoms with van der Waals surface area (Å²) in [5.41, 5.74) is 1.86. The molecule has 0 aromatic rings. The van der Waals surface area contributed by atoms with Crippen LogP contribution in [0.25, 0.3) is 0 Å². The minimum absolute atomic E-state index is 0.0659. The number of fused-ring (bicyclic) bond motifs is 3. The minimum Gasteiger partial charge on any atom is -0.389 e. The average Bonchev–Trinajstić information content (AvgIpc) is 3.08. The van der Waals surface area contributed by atoms with Gasteiger partial charge in [0.1, 0.15) is 6.61 Å². The molecular weight excluding hydrogens is 332 g/mol. The molecule has 7 atom stereocenters. The number of aliphatic hydroxyl groups excluding tert-OH is 1. The van der Waals surface area contributed by atoms with Gasteiger partial charge in [0, 0.05) is 28.8 Å². The monoisotopic (exact) mass is 360 g/mol. The van der Waals surface area contributed by atoms with E-state index >= 15 is 0 Å². The highest BCUT2D eigenvalue weighted by Crippen LogP contribution is 2.70. The third-order valence-corrected chi connectivity index (χ3v) is 10.3. The second-order valence-corrected chi connectivity index (χ2v) is 10.6. The van der Waals surface area contributed by atoms with Crippen molar-refractivity contribution in [3.05, 3.63) is 11.6 Å². The molecule has 0 aromatic heterocycles. The van der Waals surface area contributed by atoms with Crippen molar-refractivity contribution >= 4 is 23.3 Å². The van der Waals surface area contributed by atoms with Crippen LogP contribution in [0.15, 0.2) is 11.6 Å². The van der Waals surface area contributed by atoms with Crippen molar-refractivity contribution in [3.8, 4) is 0 Å². The van der Waals surface area contributed by atoms with Crippen LogP contribution in [0.1, 0.15) is 51.9 Å². The van der Waals surface area contributed by atoms with E-state index in [2.05, 4.69) is 18.7 Å². The number of ketones is 2. The first kappa shape index (κ1) is 16.6. The van der Waals surface area contributed by atoms with Crippen molar-refractivity contribution in [1.29, 1.82) is 0 Å². The predicted octanol–water partition coefficient (Wildman–Crippen LogP) is 3.40. The Bertz CT molecular complexity index is 670. The van der Waals surface area contributed by atoms with Gasteiger partial charge in [-0.05, 0) is 73.3 Å². The molecule has 1 aliphatic heterocycles. The fourth-order valence-electron chi connectivity index (χ4n) is 7.68. The lowest BCUT2D eigenvalue weighted by Gasteiger charge is -2.57. The van der Waals surface area contributed by atoms with Crippen molar-refractivity contribution in [3.63, 3.8) is 0 Å². The molecule has 25 heavy (non-hydrogen) atoms. The summed E-state index contributed by atoms with van der Waals surface area (Å²) in [6, 6.07) is 0. The molecule has 5 rings (SSSR count). The van der Waals surface area contributed by atoms with Gasteiger partial charge in [-0.15, -0.1) is 0 Å². The second-order valence-electron chi connectivity index (χ2n) is 9.43. The zero-order chi connectivity index (χ0) is 17.4. The summed E-state index contributed by atoms with van der Waals surface area (Å²) in [6.07, 6.45) is 9.45. The molecule has 0 spiro atoms. The number of carbonyl (C=O) groups excluding carboxylic acids is 2. The number of hydrogen-bond acceptors (Lipinski definition) is 4. The standard InChI is InChI=1S/C21H28O3S/c1-20-6-5-15-13(14(20)2-3-16(20)18(24)10-22)9-19-17-8-12(23)4-7-21(15,17)11-25-19/h8,13-16,19,22H,2-7,9-11H2,1H3/t13-,14-,15-,16+,19+,20-,21-/m0/s1. The first-order valence-electron chi connectivity index (χ1n) is 10.00. The molecule has 1 heterocycles. The second kappa shape index (κ2) is 5.45. The fourth-order valence-corrected chi connectivity index (χ4v) is 9.54. The lowest BCUT2D eigenvalue weighted by molar-refractivity contribution is -0.132. The summed E-state index contributed by atoms with van der Waals surface area (Å²) in [4.78, 5) is 24.4. The van der Waals surface area contributed by atoms with Gasteiger partial charge in [-0.1, -0.05) is 6.92 Å². The van der Waals surface area contributed by atoms with Crippen molar-refractivity contribution in [2.45, 2.75) is 57.1 Å². The lowest BCUT2D eigenvalue weighted by Crippen LogP contribution is -2.53. The Morgan fingerprint density at radius 3 is 2.92 bits per heavy atom. The average molecular weight is 361 g/mol. The van der Waals surface area contributed by atoms with Crippen LogP contribution in [0, 0.1) is 34.5 Å². The van der Waals surface area contributed by atoms with Crippen LogP contribution in [-0.2, 0) is 9.59 Å². The first-order chi connectivity index (χ1) is 12.0. The highest BCUT2D eigenvalue weighted by Gasteiger charge is 2.64. The molecule has 4 aliphatic carbocycles. The molecule has 0 aromatic carbocycles. The molecule has 4 fully saturated rings. The van der Waals surface area contributed by atoms with E-state index < -0.39 is 0 Å². The highest BCUT2D eigenvalue weighted by molar-refractivity contribution is 8.00. The maximum atomic E-state index is 12.3. The number of thioether (sulfide) groups is 1. The van der Waals surface area contributed by atoms with Crippen molar-refractivity contribution < 1.29 is 14.7 Å². The van der Waals surface area contributed by atoms with Gasteiger partial charge in [0.15, 0.2) is 11.6 Å². The maximum Gasteiger partial charge on any atom is 0.161 e. The van der Waals surface area contributed by atoms with Gasteiger partial charge in [-0.2, -0.15) is 11.8 Å². The fraction of sp³-hybridized carbons (Fsp3) is 0.810. The third kappa shape index (κ3) is 2.04. The first-order valence-corrected chi connectivity index (χ1v) is 11.0. The minimum atomic E-state index is -0.293. The smallest absolute Gasteiger partial charge is 0.161 e. The largest absolute Gasteiger partial charge is 0.389 e. The van der Waals surface area contributed by atoms with Crippen molar-refractivity contribution in [2.75, 3.05) is 12.4 Å². The van der Waals surface area contributed by atoms with Gasteiger partial charge in [0.05, 0.1) is 0 Å². The molecule has 3 nitrogen and oxygen atoms in total. The molecule has 0 amide bonds. The van der Waals surface area contributed by atoms with E-state index in [4.69, 9.17) is 0 Å². The molecule has 136 valence electrons. The number of hydrogen-bond donors (Lipinski definition) is 1. The third-order valence-electron chi connectivity index (χ3n) is 8.78. The Morgan fingerprint density at radius 1 is 1.28 bits per heavy atom. The van der Waals surface area contributed by atoms with Gasteiger partial charge in [0.25, 0.3) is 0 Å². The van der Waals surface area contributed by atoms with Crippen LogP contribution in [0.5, 0.6) is 0 Å². The van der Waals surface area contributed by atoms with Crippen LogP contribution < -0.4 is 0 Å². The van der Waals surface area contributed by atoms with E-state index in [0.717, 1.165) is 32.1 Å². The normalized spacial score (nSPS) is 50.7. The quantitative estimate of drug-likeness (QED) is 0.820. The Balaban J connectivity index is 1.51. The summed E-state index contributed by atoms with van der Waals surface area (Å²) in [6.45, 7) is 2.04. The van der Waals surface area contributed by atoms with Gasteiger partial charge >= 0.3 is 0 Å². The molecule has 3 saturated carbocycles. The number of aliphatic hydroxyl groups is 1. The summed E-state index contributed by atoms with van der Waals surface area (Å²) >= 11 is 2.09. The molecule has 1 saturated heterocycles. The predicted molar refractivity (Wildman–Crippen MR) is 98.2 cm³/mol. The molecular formula is C21H28O3S. The SMILES string of the molecule is C[C@]12CC[C@H]3[C@@H](C[C@H]4SC[C@@]35CCC(=O)C=C45)[C@@H]1CC[C@@H]2C(=O)CO. The van der Waals surface area contributed by atoms with Crippen molar-refractivity contribution in [1.82, 2.24) is 0 Å². The highest BCUT2D eigenvalue weighted by atomic mass is 32.2. The van der Waals surface area contributed by atoms with E-state index in [1.807, 2.05) is 6.08 Å².